The number of thioether (sulfide) groups is 1. The maximum absolute atomic E-state index is 12.9. The molecule has 1 heterocycles. The van der Waals surface area contributed by atoms with E-state index in [4.69, 9.17) is 4.74 Å². The minimum Gasteiger partial charge on any atom is -0.457 e. The highest BCUT2D eigenvalue weighted by Gasteiger charge is 2.34. The standard InChI is InChI=1S/C21H21FN2O3S/c1-14(2)23-11-12-24-20(25)19(28-21(24)26)13-15-3-7-17(8-4-15)27-18-9-5-16(22)6-10-18/h3-10,13-14,23H,11-12H2,1-2H3/b19-13-. The number of ether oxygens (including phenoxy) is 1. The molecule has 1 aliphatic heterocycles. The Morgan fingerprint density at radius 1 is 1.07 bits per heavy atom. The second-order valence-electron chi connectivity index (χ2n) is 6.57. The Kier molecular flexibility index (Phi) is 6.49. The van der Waals surface area contributed by atoms with Crippen molar-refractivity contribution < 1.29 is 18.7 Å². The predicted octanol–water partition coefficient (Wildman–Crippen LogP) is 4.65. The zero-order valence-electron chi connectivity index (χ0n) is 15.6. The van der Waals surface area contributed by atoms with E-state index in [0.29, 0.717) is 35.5 Å². The number of hydrogen-bond donors (Lipinski definition) is 1. The maximum Gasteiger partial charge on any atom is 0.293 e. The van der Waals surface area contributed by atoms with E-state index in [0.717, 1.165) is 17.3 Å². The normalized spacial score (nSPS) is 15.7. The largest absolute Gasteiger partial charge is 0.457 e. The van der Waals surface area contributed by atoms with Gasteiger partial charge in [-0.05, 0) is 59.8 Å². The van der Waals surface area contributed by atoms with Crippen LogP contribution in [0, 0.1) is 5.82 Å². The molecule has 2 aromatic rings. The number of amides is 2. The summed E-state index contributed by atoms with van der Waals surface area (Å²) in [7, 11) is 0. The summed E-state index contributed by atoms with van der Waals surface area (Å²) in [4.78, 5) is 26.2. The third-order valence-corrected chi connectivity index (χ3v) is 4.90. The molecule has 28 heavy (non-hydrogen) atoms. The van der Waals surface area contributed by atoms with E-state index in [1.54, 1.807) is 42.5 Å². The second kappa shape index (κ2) is 9.03. The highest BCUT2D eigenvalue weighted by atomic mass is 32.2. The molecule has 146 valence electrons. The molecule has 5 nitrogen and oxygen atoms in total. The molecule has 0 unspecified atom stereocenters. The van der Waals surface area contributed by atoms with Crippen molar-refractivity contribution in [2.45, 2.75) is 19.9 Å². The van der Waals surface area contributed by atoms with E-state index < -0.39 is 0 Å². The third-order valence-electron chi connectivity index (χ3n) is 3.99. The smallest absolute Gasteiger partial charge is 0.293 e. The van der Waals surface area contributed by atoms with Crippen LogP contribution in [0.1, 0.15) is 19.4 Å². The van der Waals surface area contributed by atoms with E-state index in [1.165, 1.54) is 17.0 Å². The molecule has 0 spiro atoms. The molecule has 0 saturated carbocycles. The van der Waals surface area contributed by atoms with Gasteiger partial charge in [-0.3, -0.25) is 14.5 Å². The van der Waals surface area contributed by atoms with Gasteiger partial charge in [0, 0.05) is 19.1 Å². The molecular weight excluding hydrogens is 379 g/mol. The average molecular weight is 400 g/mol. The van der Waals surface area contributed by atoms with Crippen molar-refractivity contribution in [2.75, 3.05) is 13.1 Å². The van der Waals surface area contributed by atoms with E-state index in [2.05, 4.69) is 5.32 Å². The lowest BCUT2D eigenvalue weighted by atomic mass is 10.2. The van der Waals surface area contributed by atoms with E-state index in [-0.39, 0.29) is 17.0 Å². The predicted molar refractivity (Wildman–Crippen MR) is 109 cm³/mol. The molecule has 1 N–H and O–H groups in total. The van der Waals surface area contributed by atoms with Crippen LogP contribution in [0.5, 0.6) is 11.5 Å². The zero-order valence-corrected chi connectivity index (χ0v) is 16.5. The van der Waals surface area contributed by atoms with Gasteiger partial charge in [0.15, 0.2) is 0 Å². The highest BCUT2D eigenvalue weighted by molar-refractivity contribution is 8.18. The number of rotatable bonds is 7. The summed E-state index contributed by atoms with van der Waals surface area (Å²) in [5.74, 6) is 0.533. The molecule has 0 aliphatic carbocycles. The van der Waals surface area contributed by atoms with Gasteiger partial charge in [-0.25, -0.2) is 4.39 Å². The number of benzene rings is 2. The second-order valence-corrected chi connectivity index (χ2v) is 7.56. The van der Waals surface area contributed by atoms with Gasteiger partial charge >= 0.3 is 0 Å². The summed E-state index contributed by atoms with van der Waals surface area (Å²) in [6.07, 6.45) is 1.70. The number of carbonyl (C=O) groups excluding carboxylic acids is 2. The lowest BCUT2D eigenvalue weighted by Gasteiger charge is -2.14. The van der Waals surface area contributed by atoms with Crippen molar-refractivity contribution >= 4 is 29.0 Å². The van der Waals surface area contributed by atoms with Gasteiger partial charge in [-0.15, -0.1) is 0 Å². The molecule has 0 radical (unpaired) electrons. The van der Waals surface area contributed by atoms with Crippen molar-refractivity contribution in [3.8, 4) is 11.5 Å². The van der Waals surface area contributed by atoms with Gasteiger partial charge in [0.1, 0.15) is 17.3 Å². The first-order chi connectivity index (χ1) is 13.4. The summed E-state index contributed by atoms with van der Waals surface area (Å²) in [6.45, 7) is 4.94. The fourth-order valence-electron chi connectivity index (χ4n) is 2.58. The Morgan fingerprint density at radius 2 is 1.68 bits per heavy atom. The van der Waals surface area contributed by atoms with Gasteiger partial charge in [0.2, 0.25) is 0 Å². The number of halogens is 1. The summed E-state index contributed by atoms with van der Waals surface area (Å²) in [5.41, 5.74) is 0.789. The molecule has 0 bridgehead atoms. The number of carbonyl (C=O) groups is 2. The van der Waals surface area contributed by atoms with E-state index in [1.807, 2.05) is 13.8 Å². The minimum absolute atomic E-state index is 0.252. The quantitative estimate of drug-likeness (QED) is 0.686. The number of imide groups is 1. The van der Waals surface area contributed by atoms with Gasteiger partial charge < -0.3 is 10.1 Å². The molecule has 1 fully saturated rings. The average Bonchev–Trinajstić information content (AvgIpc) is 2.92. The van der Waals surface area contributed by atoms with Crippen LogP contribution in [0.4, 0.5) is 9.18 Å². The van der Waals surface area contributed by atoms with Crippen LogP contribution in [-0.4, -0.2) is 35.2 Å². The summed E-state index contributed by atoms with van der Waals surface area (Å²) >= 11 is 0.948. The molecule has 1 saturated heterocycles. The zero-order chi connectivity index (χ0) is 20.1. The van der Waals surface area contributed by atoms with Crippen LogP contribution in [0.15, 0.2) is 53.4 Å². The lowest BCUT2D eigenvalue weighted by molar-refractivity contribution is -0.122. The number of nitrogens with one attached hydrogen (secondary N) is 1. The van der Waals surface area contributed by atoms with E-state index >= 15 is 0 Å². The van der Waals surface area contributed by atoms with Crippen molar-refractivity contribution in [3.63, 3.8) is 0 Å². The SMILES string of the molecule is CC(C)NCCN1C(=O)S/C(=C\c2ccc(Oc3ccc(F)cc3)cc2)C1=O. The van der Waals surface area contributed by atoms with Crippen molar-refractivity contribution in [1.29, 1.82) is 0 Å². The first-order valence-corrected chi connectivity index (χ1v) is 9.76. The van der Waals surface area contributed by atoms with Crippen LogP contribution in [-0.2, 0) is 4.79 Å². The van der Waals surface area contributed by atoms with Gasteiger partial charge in [-0.1, -0.05) is 26.0 Å². The van der Waals surface area contributed by atoms with Crippen LogP contribution in [0.25, 0.3) is 6.08 Å². The molecule has 2 amide bonds. The summed E-state index contributed by atoms with van der Waals surface area (Å²) in [5, 5.41) is 2.95. The third kappa shape index (κ3) is 5.21. The highest BCUT2D eigenvalue weighted by Crippen LogP contribution is 2.32. The lowest BCUT2D eigenvalue weighted by Crippen LogP contribution is -2.37. The summed E-state index contributed by atoms with van der Waals surface area (Å²) in [6, 6.07) is 13.2. The Morgan fingerprint density at radius 3 is 2.29 bits per heavy atom. The Bertz CT molecular complexity index is 880. The van der Waals surface area contributed by atoms with Gasteiger partial charge in [-0.2, -0.15) is 0 Å². The maximum atomic E-state index is 12.9. The first-order valence-electron chi connectivity index (χ1n) is 8.94. The van der Waals surface area contributed by atoms with E-state index in [9.17, 15) is 14.0 Å². The topological polar surface area (TPSA) is 58.6 Å². The van der Waals surface area contributed by atoms with Gasteiger partial charge in [0.25, 0.3) is 11.1 Å². The molecular formula is C21H21FN2O3S. The van der Waals surface area contributed by atoms with Gasteiger partial charge in [0.05, 0.1) is 4.91 Å². The molecule has 0 aromatic heterocycles. The Hall–Kier alpha value is -2.64. The Labute approximate surface area is 167 Å². The first kappa shape index (κ1) is 20.1. The van der Waals surface area contributed by atoms with Crippen molar-refractivity contribution in [2.24, 2.45) is 0 Å². The van der Waals surface area contributed by atoms with Crippen molar-refractivity contribution in [3.05, 3.63) is 64.8 Å². The minimum atomic E-state index is -0.323. The van der Waals surface area contributed by atoms with Crippen LogP contribution in [0.3, 0.4) is 0 Å². The fraction of sp³-hybridized carbons (Fsp3) is 0.238. The van der Waals surface area contributed by atoms with Crippen LogP contribution in [0.2, 0.25) is 0 Å². The monoisotopic (exact) mass is 400 g/mol. The molecule has 1 aliphatic rings. The van der Waals surface area contributed by atoms with Crippen LogP contribution >= 0.6 is 11.8 Å². The molecule has 3 rings (SSSR count). The molecule has 0 atom stereocenters. The fourth-order valence-corrected chi connectivity index (χ4v) is 3.45. The number of nitrogens with zero attached hydrogens (tertiary/aromatic N) is 1. The van der Waals surface area contributed by atoms with Crippen molar-refractivity contribution in [1.82, 2.24) is 10.2 Å². The molecule has 7 heteroatoms. The van der Waals surface area contributed by atoms with Crippen LogP contribution < -0.4 is 10.1 Å². The molecule has 2 aromatic carbocycles. The summed E-state index contributed by atoms with van der Waals surface area (Å²) < 4.78 is 18.6. The number of hydrogen-bond acceptors (Lipinski definition) is 5. The Balaban J connectivity index is 1.64.